The molecule has 0 N–H and O–H groups in total. The minimum atomic E-state index is 0.200. The number of benzene rings is 1. The van der Waals surface area contributed by atoms with Gasteiger partial charge in [-0.05, 0) is 12.0 Å². The average molecular weight is 183 g/mol. The molecule has 0 aliphatic rings. The van der Waals surface area contributed by atoms with E-state index in [1.165, 1.54) is 18.4 Å². The van der Waals surface area contributed by atoms with Crippen LogP contribution < -0.4 is 0 Å². The molecule has 0 nitrogen and oxygen atoms in total. The molecule has 0 spiro atoms. The van der Waals surface area contributed by atoms with Crippen molar-refractivity contribution in [3.05, 3.63) is 35.9 Å². The third kappa shape index (κ3) is 2.86. The molecule has 0 aliphatic heterocycles. The third-order valence-electron chi connectivity index (χ3n) is 1.97. The van der Waals surface area contributed by atoms with Gasteiger partial charge in [0.15, 0.2) is 0 Å². The molecule has 1 rings (SSSR count). The van der Waals surface area contributed by atoms with Crippen molar-refractivity contribution in [3.63, 3.8) is 0 Å². The Balaban J connectivity index is 2.48. The Morgan fingerprint density at radius 1 is 1.25 bits per heavy atom. The molecule has 0 aromatic heterocycles. The quantitative estimate of drug-likeness (QED) is 0.614. The number of hydrogen-bond acceptors (Lipinski definition) is 0. The molecule has 1 heteroatoms. The van der Waals surface area contributed by atoms with Gasteiger partial charge in [0.1, 0.15) is 0 Å². The van der Waals surface area contributed by atoms with Crippen molar-refractivity contribution in [3.8, 4) is 0 Å². The molecule has 0 saturated heterocycles. The van der Waals surface area contributed by atoms with E-state index in [4.69, 9.17) is 11.6 Å². The van der Waals surface area contributed by atoms with Crippen molar-refractivity contribution in [2.24, 2.45) is 0 Å². The summed E-state index contributed by atoms with van der Waals surface area (Å²) in [4.78, 5) is 0. The summed E-state index contributed by atoms with van der Waals surface area (Å²) in [5, 5.41) is 0.200. The Hall–Kier alpha value is -0.490. The fraction of sp³-hybridized carbons (Fsp3) is 0.455. The van der Waals surface area contributed by atoms with Gasteiger partial charge in [0.05, 0.1) is 5.38 Å². The summed E-state index contributed by atoms with van der Waals surface area (Å²) in [6.45, 7) is 2.19. The summed E-state index contributed by atoms with van der Waals surface area (Å²) in [6, 6.07) is 10.3. The molecule has 0 fully saturated rings. The predicted octanol–water partition coefficient (Wildman–Crippen LogP) is 4.16. The topological polar surface area (TPSA) is 0 Å². The summed E-state index contributed by atoms with van der Waals surface area (Å²) in [7, 11) is 0. The second-order valence-electron chi connectivity index (χ2n) is 3.02. The standard InChI is InChI=1S/C11H15Cl/c1-2-3-9-11(12)10-7-5-4-6-8-10/h4-8,11H,2-3,9H2,1H3/t11-/m1/s1. The molecule has 0 aliphatic carbocycles. The van der Waals surface area contributed by atoms with Gasteiger partial charge in [0, 0.05) is 0 Å². The van der Waals surface area contributed by atoms with Crippen LogP contribution >= 0.6 is 11.6 Å². The van der Waals surface area contributed by atoms with E-state index >= 15 is 0 Å². The van der Waals surface area contributed by atoms with Gasteiger partial charge in [0.2, 0.25) is 0 Å². The zero-order valence-electron chi connectivity index (χ0n) is 7.46. The van der Waals surface area contributed by atoms with Gasteiger partial charge in [-0.2, -0.15) is 0 Å². The second kappa shape index (κ2) is 5.21. The van der Waals surface area contributed by atoms with E-state index in [0.717, 1.165) is 6.42 Å². The molecule has 0 saturated carbocycles. The van der Waals surface area contributed by atoms with Crippen molar-refractivity contribution < 1.29 is 0 Å². The van der Waals surface area contributed by atoms with Gasteiger partial charge in [-0.1, -0.05) is 50.1 Å². The van der Waals surface area contributed by atoms with E-state index in [2.05, 4.69) is 19.1 Å². The minimum absolute atomic E-state index is 0.200. The lowest BCUT2D eigenvalue weighted by molar-refractivity contribution is 0.701. The molecule has 1 aromatic carbocycles. The number of halogens is 1. The number of alkyl halides is 1. The van der Waals surface area contributed by atoms with E-state index in [1.807, 2.05) is 18.2 Å². The molecule has 0 unspecified atom stereocenters. The van der Waals surface area contributed by atoms with Gasteiger partial charge >= 0.3 is 0 Å². The molecule has 0 bridgehead atoms. The SMILES string of the molecule is CCCC[C@@H](Cl)c1ccccc1. The molecule has 0 radical (unpaired) electrons. The first-order valence-electron chi connectivity index (χ1n) is 4.53. The molecule has 0 heterocycles. The Labute approximate surface area is 79.6 Å². The van der Waals surface area contributed by atoms with Gasteiger partial charge in [-0.25, -0.2) is 0 Å². The van der Waals surface area contributed by atoms with Crippen molar-refractivity contribution in [1.29, 1.82) is 0 Å². The van der Waals surface area contributed by atoms with Crippen LogP contribution in [0.25, 0.3) is 0 Å². The molecule has 12 heavy (non-hydrogen) atoms. The number of rotatable bonds is 4. The molecular weight excluding hydrogens is 168 g/mol. The van der Waals surface area contributed by atoms with Crippen LogP contribution in [0.5, 0.6) is 0 Å². The maximum Gasteiger partial charge on any atom is 0.0585 e. The summed E-state index contributed by atoms with van der Waals surface area (Å²) >= 11 is 6.18. The largest absolute Gasteiger partial charge is 0.118 e. The van der Waals surface area contributed by atoms with Crippen LogP contribution in [0, 0.1) is 0 Å². The molecule has 1 atom stereocenters. The zero-order chi connectivity index (χ0) is 8.81. The highest BCUT2D eigenvalue weighted by Gasteiger charge is 2.04. The Morgan fingerprint density at radius 3 is 2.50 bits per heavy atom. The van der Waals surface area contributed by atoms with Crippen LogP contribution in [0.15, 0.2) is 30.3 Å². The molecule has 66 valence electrons. The lowest BCUT2D eigenvalue weighted by Crippen LogP contribution is -1.89. The summed E-state index contributed by atoms with van der Waals surface area (Å²) in [6.07, 6.45) is 3.52. The lowest BCUT2D eigenvalue weighted by atomic mass is 10.1. The maximum atomic E-state index is 6.18. The summed E-state index contributed by atoms with van der Waals surface area (Å²) in [5.41, 5.74) is 1.24. The van der Waals surface area contributed by atoms with E-state index < -0.39 is 0 Å². The van der Waals surface area contributed by atoms with E-state index in [0.29, 0.717) is 0 Å². The normalized spacial score (nSPS) is 12.8. The number of unbranched alkanes of at least 4 members (excludes halogenated alkanes) is 1. The first kappa shape index (κ1) is 9.60. The lowest BCUT2D eigenvalue weighted by Gasteiger charge is -2.07. The van der Waals surface area contributed by atoms with Crippen molar-refractivity contribution in [2.75, 3.05) is 0 Å². The predicted molar refractivity (Wildman–Crippen MR) is 54.6 cm³/mol. The second-order valence-corrected chi connectivity index (χ2v) is 3.55. The van der Waals surface area contributed by atoms with E-state index in [-0.39, 0.29) is 5.38 Å². The van der Waals surface area contributed by atoms with Crippen LogP contribution in [-0.2, 0) is 0 Å². The van der Waals surface area contributed by atoms with E-state index in [1.54, 1.807) is 0 Å². The highest BCUT2D eigenvalue weighted by Crippen LogP contribution is 2.25. The number of hydrogen-bond donors (Lipinski definition) is 0. The van der Waals surface area contributed by atoms with E-state index in [9.17, 15) is 0 Å². The monoisotopic (exact) mass is 182 g/mol. The summed E-state index contributed by atoms with van der Waals surface area (Å²) in [5.74, 6) is 0. The van der Waals surface area contributed by atoms with Gasteiger partial charge in [-0.3, -0.25) is 0 Å². The molecule has 1 aromatic rings. The Bertz CT molecular complexity index is 206. The van der Waals surface area contributed by atoms with Gasteiger partial charge in [-0.15, -0.1) is 11.6 Å². The van der Waals surface area contributed by atoms with Crippen molar-refractivity contribution >= 4 is 11.6 Å². The fourth-order valence-corrected chi connectivity index (χ4v) is 1.51. The zero-order valence-corrected chi connectivity index (χ0v) is 8.22. The van der Waals surface area contributed by atoms with Gasteiger partial charge < -0.3 is 0 Å². The Kier molecular flexibility index (Phi) is 4.16. The molecule has 0 amide bonds. The van der Waals surface area contributed by atoms with Gasteiger partial charge in [0.25, 0.3) is 0 Å². The first-order valence-corrected chi connectivity index (χ1v) is 4.97. The average Bonchev–Trinajstić information content (AvgIpc) is 2.15. The fourth-order valence-electron chi connectivity index (χ4n) is 1.21. The highest BCUT2D eigenvalue weighted by atomic mass is 35.5. The smallest absolute Gasteiger partial charge is 0.0585 e. The summed E-state index contributed by atoms with van der Waals surface area (Å²) < 4.78 is 0. The van der Waals surface area contributed by atoms with Crippen LogP contribution in [0.1, 0.15) is 37.1 Å². The highest BCUT2D eigenvalue weighted by molar-refractivity contribution is 6.20. The van der Waals surface area contributed by atoms with Crippen molar-refractivity contribution in [1.82, 2.24) is 0 Å². The maximum absolute atomic E-state index is 6.18. The van der Waals surface area contributed by atoms with Crippen LogP contribution in [0.3, 0.4) is 0 Å². The van der Waals surface area contributed by atoms with Crippen LogP contribution in [-0.4, -0.2) is 0 Å². The molecular formula is C11H15Cl. The Morgan fingerprint density at radius 2 is 1.92 bits per heavy atom. The minimum Gasteiger partial charge on any atom is -0.118 e. The van der Waals surface area contributed by atoms with Crippen molar-refractivity contribution in [2.45, 2.75) is 31.6 Å². The van der Waals surface area contributed by atoms with Crippen LogP contribution in [0.4, 0.5) is 0 Å². The van der Waals surface area contributed by atoms with Crippen LogP contribution in [0.2, 0.25) is 0 Å². The first-order chi connectivity index (χ1) is 5.84. The third-order valence-corrected chi connectivity index (χ3v) is 2.44.